The van der Waals surface area contributed by atoms with Crippen molar-refractivity contribution >= 4 is 22.6 Å². The van der Waals surface area contributed by atoms with Crippen molar-refractivity contribution in [3.05, 3.63) is 77.0 Å². The maximum Gasteiger partial charge on any atom is 0.261 e. The van der Waals surface area contributed by atoms with Crippen molar-refractivity contribution < 1.29 is 14.3 Å². The standard InChI is InChI=1S/C22H21N5O4/c1-14(31-12-15-6-5-7-16(10-15)30-2)21(28)26-18-8-3-4-9-19(18)27-20-17(11-25-27)22(29)24-13-23-20/h3-11,13-14H,12H2,1-2H3,(H,26,28)(H,23,24,29). The molecule has 0 spiro atoms. The molecule has 0 aliphatic carbocycles. The molecule has 4 aromatic rings. The second-order valence-electron chi connectivity index (χ2n) is 6.84. The van der Waals surface area contributed by atoms with Crippen LogP contribution in [0.15, 0.2) is 65.8 Å². The van der Waals surface area contributed by atoms with Gasteiger partial charge in [-0.15, -0.1) is 0 Å². The fourth-order valence-corrected chi connectivity index (χ4v) is 3.09. The molecule has 2 aromatic carbocycles. The molecule has 2 N–H and O–H groups in total. The van der Waals surface area contributed by atoms with Gasteiger partial charge >= 0.3 is 0 Å². The molecule has 2 heterocycles. The van der Waals surface area contributed by atoms with Gasteiger partial charge in [0.2, 0.25) is 0 Å². The van der Waals surface area contributed by atoms with Crippen molar-refractivity contribution in [2.75, 3.05) is 12.4 Å². The minimum absolute atomic E-state index is 0.268. The SMILES string of the molecule is COc1cccc(COC(C)C(=O)Nc2ccccc2-n2ncc3c(=O)[nH]cnc32)c1. The number of carbonyl (C=O) groups excluding carboxylic acids is 1. The number of carbonyl (C=O) groups is 1. The first-order chi connectivity index (χ1) is 15.1. The van der Waals surface area contributed by atoms with Gasteiger partial charge in [0.15, 0.2) is 5.65 Å². The number of ether oxygens (including phenoxy) is 2. The molecule has 1 amide bonds. The number of H-pyrrole nitrogens is 1. The Labute approximate surface area is 177 Å². The van der Waals surface area contributed by atoms with Crippen molar-refractivity contribution in [2.45, 2.75) is 19.6 Å². The van der Waals surface area contributed by atoms with Gasteiger partial charge in [-0.3, -0.25) is 9.59 Å². The summed E-state index contributed by atoms with van der Waals surface area (Å²) in [5.41, 5.74) is 2.13. The summed E-state index contributed by atoms with van der Waals surface area (Å²) in [6, 6.07) is 14.6. The van der Waals surface area contributed by atoms with Crippen LogP contribution in [0.1, 0.15) is 12.5 Å². The summed E-state index contributed by atoms with van der Waals surface area (Å²) in [5.74, 6) is 0.420. The van der Waals surface area contributed by atoms with E-state index in [1.807, 2.05) is 30.3 Å². The molecule has 0 bridgehead atoms. The van der Waals surface area contributed by atoms with Crippen molar-refractivity contribution in [3.63, 3.8) is 0 Å². The van der Waals surface area contributed by atoms with E-state index in [2.05, 4.69) is 20.4 Å². The monoisotopic (exact) mass is 419 g/mol. The van der Waals surface area contributed by atoms with Crippen LogP contribution in [0.2, 0.25) is 0 Å². The second-order valence-corrected chi connectivity index (χ2v) is 6.84. The Morgan fingerprint density at radius 3 is 2.90 bits per heavy atom. The summed E-state index contributed by atoms with van der Waals surface area (Å²) < 4.78 is 12.5. The summed E-state index contributed by atoms with van der Waals surface area (Å²) in [6.45, 7) is 1.95. The fourth-order valence-electron chi connectivity index (χ4n) is 3.09. The molecule has 9 nitrogen and oxygen atoms in total. The van der Waals surface area contributed by atoms with Gasteiger partial charge in [-0.25, -0.2) is 9.67 Å². The molecule has 4 rings (SSSR count). The molecular formula is C22H21N5O4. The molecule has 9 heteroatoms. The first-order valence-corrected chi connectivity index (χ1v) is 9.63. The number of hydrogen-bond acceptors (Lipinski definition) is 6. The van der Waals surface area contributed by atoms with E-state index in [9.17, 15) is 9.59 Å². The normalized spacial score (nSPS) is 11.9. The molecular weight excluding hydrogens is 398 g/mol. The van der Waals surface area contributed by atoms with Gasteiger partial charge < -0.3 is 19.8 Å². The number of nitrogens with one attached hydrogen (secondary N) is 2. The van der Waals surface area contributed by atoms with Crippen LogP contribution in [0.5, 0.6) is 5.75 Å². The molecule has 0 aliphatic heterocycles. The predicted octanol–water partition coefficient (Wildman–Crippen LogP) is 2.66. The highest BCUT2D eigenvalue weighted by atomic mass is 16.5. The highest BCUT2D eigenvalue weighted by Gasteiger charge is 2.17. The molecule has 2 aromatic heterocycles. The summed E-state index contributed by atoms with van der Waals surface area (Å²) in [5, 5.41) is 7.50. The number of benzene rings is 2. The molecule has 31 heavy (non-hydrogen) atoms. The van der Waals surface area contributed by atoms with Crippen molar-refractivity contribution in [3.8, 4) is 11.4 Å². The van der Waals surface area contributed by atoms with Crippen molar-refractivity contribution in [2.24, 2.45) is 0 Å². The molecule has 1 unspecified atom stereocenters. The van der Waals surface area contributed by atoms with E-state index in [0.717, 1.165) is 11.3 Å². The third-order valence-corrected chi connectivity index (χ3v) is 4.76. The highest BCUT2D eigenvalue weighted by molar-refractivity contribution is 5.96. The third-order valence-electron chi connectivity index (χ3n) is 4.76. The smallest absolute Gasteiger partial charge is 0.261 e. The Bertz CT molecular complexity index is 1280. The molecule has 0 fully saturated rings. The Kier molecular flexibility index (Phi) is 5.76. The van der Waals surface area contributed by atoms with E-state index in [4.69, 9.17) is 9.47 Å². The topological polar surface area (TPSA) is 111 Å². The van der Waals surface area contributed by atoms with E-state index in [1.165, 1.54) is 17.2 Å². The fraction of sp³-hybridized carbons (Fsp3) is 0.182. The van der Waals surface area contributed by atoms with Gasteiger partial charge in [-0.05, 0) is 36.8 Å². The largest absolute Gasteiger partial charge is 0.497 e. The highest BCUT2D eigenvalue weighted by Crippen LogP contribution is 2.22. The van der Waals surface area contributed by atoms with Crippen LogP contribution in [-0.2, 0) is 16.1 Å². The van der Waals surface area contributed by atoms with Gasteiger partial charge in [0.05, 0.1) is 37.6 Å². The average molecular weight is 419 g/mol. The van der Waals surface area contributed by atoms with Gasteiger partial charge in [0, 0.05) is 0 Å². The Balaban J connectivity index is 1.51. The molecule has 0 saturated carbocycles. The van der Waals surface area contributed by atoms with Crippen LogP contribution in [0, 0.1) is 0 Å². The number of nitrogens with zero attached hydrogens (tertiary/aromatic N) is 3. The van der Waals surface area contributed by atoms with E-state index in [-0.39, 0.29) is 18.1 Å². The van der Waals surface area contributed by atoms with Crippen LogP contribution < -0.4 is 15.6 Å². The zero-order chi connectivity index (χ0) is 21.8. The van der Waals surface area contributed by atoms with E-state index >= 15 is 0 Å². The number of para-hydroxylation sites is 2. The van der Waals surface area contributed by atoms with E-state index in [0.29, 0.717) is 22.4 Å². The summed E-state index contributed by atoms with van der Waals surface area (Å²) >= 11 is 0. The van der Waals surface area contributed by atoms with Crippen LogP contribution in [0.3, 0.4) is 0 Å². The van der Waals surface area contributed by atoms with E-state index < -0.39 is 6.10 Å². The van der Waals surface area contributed by atoms with Gasteiger partial charge in [0.25, 0.3) is 11.5 Å². The number of methoxy groups -OCH3 is 1. The summed E-state index contributed by atoms with van der Waals surface area (Å²) in [6.07, 6.45) is 2.06. The lowest BCUT2D eigenvalue weighted by molar-refractivity contribution is -0.127. The Hall–Kier alpha value is -3.98. The number of anilines is 1. The lowest BCUT2D eigenvalue weighted by atomic mass is 10.2. The molecule has 0 saturated heterocycles. The summed E-state index contributed by atoms with van der Waals surface area (Å²) in [4.78, 5) is 31.4. The maximum atomic E-state index is 12.7. The van der Waals surface area contributed by atoms with Gasteiger partial charge in [0.1, 0.15) is 17.2 Å². The maximum absolute atomic E-state index is 12.7. The van der Waals surface area contributed by atoms with Crippen LogP contribution in [0.25, 0.3) is 16.7 Å². The van der Waals surface area contributed by atoms with E-state index in [1.54, 1.807) is 32.2 Å². The molecule has 1 atom stereocenters. The first kappa shape index (κ1) is 20.3. The minimum atomic E-state index is -0.699. The Morgan fingerprint density at radius 2 is 2.06 bits per heavy atom. The summed E-state index contributed by atoms with van der Waals surface area (Å²) in [7, 11) is 1.60. The Morgan fingerprint density at radius 1 is 1.23 bits per heavy atom. The van der Waals surface area contributed by atoms with Crippen LogP contribution >= 0.6 is 0 Å². The molecule has 0 radical (unpaired) electrons. The van der Waals surface area contributed by atoms with Crippen LogP contribution in [0.4, 0.5) is 5.69 Å². The lowest BCUT2D eigenvalue weighted by Gasteiger charge is -2.16. The number of aromatic amines is 1. The average Bonchev–Trinajstić information content (AvgIpc) is 3.23. The number of hydrogen-bond donors (Lipinski definition) is 2. The zero-order valence-corrected chi connectivity index (χ0v) is 17.0. The second kappa shape index (κ2) is 8.80. The minimum Gasteiger partial charge on any atom is -0.497 e. The predicted molar refractivity (Wildman–Crippen MR) is 115 cm³/mol. The number of aromatic nitrogens is 4. The third kappa shape index (κ3) is 4.31. The zero-order valence-electron chi connectivity index (χ0n) is 17.0. The van der Waals surface area contributed by atoms with Gasteiger partial charge in [-0.2, -0.15) is 5.10 Å². The lowest BCUT2D eigenvalue weighted by Crippen LogP contribution is -2.28. The number of amides is 1. The molecule has 158 valence electrons. The molecule has 0 aliphatic rings. The van der Waals surface area contributed by atoms with Crippen LogP contribution in [-0.4, -0.2) is 38.9 Å². The van der Waals surface area contributed by atoms with Crippen molar-refractivity contribution in [1.29, 1.82) is 0 Å². The van der Waals surface area contributed by atoms with Gasteiger partial charge in [-0.1, -0.05) is 24.3 Å². The number of rotatable bonds is 7. The van der Waals surface area contributed by atoms with Crippen molar-refractivity contribution in [1.82, 2.24) is 19.7 Å². The quantitative estimate of drug-likeness (QED) is 0.476. The number of fused-ring (bicyclic) bond motifs is 1. The first-order valence-electron chi connectivity index (χ1n) is 9.63.